The van der Waals surface area contributed by atoms with E-state index in [1.165, 1.54) is 24.1 Å². The molecule has 0 aliphatic heterocycles. The molecule has 1 aromatic heterocycles. The van der Waals surface area contributed by atoms with Crippen LogP contribution in [-0.4, -0.2) is 16.3 Å². The fourth-order valence-corrected chi connectivity index (χ4v) is 2.63. The molecule has 0 bridgehead atoms. The van der Waals surface area contributed by atoms with Gasteiger partial charge in [-0.25, -0.2) is 0 Å². The van der Waals surface area contributed by atoms with Gasteiger partial charge in [-0.05, 0) is 38.0 Å². The number of hydrogen-bond donors (Lipinski definition) is 1. The van der Waals surface area contributed by atoms with E-state index in [-0.39, 0.29) is 0 Å². The minimum absolute atomic E-state index is 0.587. The van der Waals surface area contributed by atoms with Crippen molar-refractivity contribution in [1.29, 1.82) is 0 Å². The van der Waals surface area contributed by atoms with Gasteiger partial charge in [-0.1, -0.05) is 13.8 Å². The Morgan fingerprint density at radius 3 is 2.41 bits per heavy atom. The van der Waals surface area contributed by atoms with E-state index in [9.17, 15) is 0 Å². The number of aromatic nitrogens is 2. The summed E-state index contributed by atoms with van der Waals surface area (Å²) in [4.78, 5) is 0. The Kier molecular flexibility index (Phi) is 3.30. The molecule has 0 amide bonds. The van der Waals surface area contributed by atoms with Crippen molar-refractivity contribution < 1.29 is 0 Å². The van der Waals surface area contributed by atoms with E-state index in [0.29, 0.717) is 5.41 Å². The van der Waals surface area contributed by atoms with Crippen molar-refractivity contribution in [3.05, 3.63) is 17.0 Å². The van der Waals surface area contributed by atoms with E-state index < -0.39 is 0 Å². The molecule has 1 saturated carbocycles. The van der Waals surface area contributed by atoms with Crippen molar-refractivity contribution in [2.75, 3.05) is 6.54 Å². The summed E-state index contributed by atoms with van der Waals surface area (Å²) < 4.78 is 1.97. The van der Waals surface area contributed by atoms with Gasteiger partial charge in [0, 0.05) is 31.4 Å². The van der Waals surface area contributed by atoms with Gasteiger partial charge in [-0.15, -0.1) is 0 Å². The molecule has 0 radical (unpaired) electrons. The highest BCUT2D eigenvalue weighted by Gasteiger charge is 2.44. The van der Waals surface area contributed by atoms with Crippen molar-refractivity contribution in [3.63, 3.8) is 0 Å². The first-order valence-electron chi connectivity index (χ1n) is 6.66. The van der Waals surface area contributed by atoms with Crippen LogP contribution in [0.2, 0.25) is 0 Å². The molecule has 3 heteroatoms. The van der Waals surface area contributed by atoms with Gasteiger partial charge < -0.3 is 5.32 Å². The Morgan fingerprint density at radius 2 is 2.00 bits per heavy atom. The van der Waals surface area contributed by atoms with Crippen LogP contribution in [0.5, 0.6) is 0 Å². The molecule has 0 unspecified atom stereocenters. The van der Waals surface area contributed by atoms with E-state index in [1.807, 2.05) is 11.7 Å². The lowest BCUT2D eigenvalue weighted by Crippen LogP contribution is -2.27. The van der Waals surface area contributed by atoms with Crippen molar-refractivity contribution in [2.45, 2.75) is 47.1 Å². The van der Waals surface area contributed by atoms with E-state index in [0.717, 1.165) is 24.7 Å². The maximum atomic E-state index is 4.45. The van der Waals surface area contributed by atoms with Crippen LogP contribution < -0.4 is 5.32 Å². The highest BCUT2D eigenvalue weighted by Crippen LogP contribution is 2.51. The smallest absolute Gasteiger partial charge is 0.0641 e. The zero-order valence-electron chi connectivity index (χ0n) is 11.8. The Balaban J connectivity index is 1.91. The maximum Gasteiger partial charge on any atom is 0.0641 e. The minimum Gasteiger partial charge on any atom is -0.312 e. The molecule has 0 atom stereocenters. The molecule has 96 valence electrons. The van der Waals surface area contributed by atoms with Gasteiger partial charge in [0.2, 0.25) is 0 Å². The zero-order valence-corrected chi connectivity index (χ0v) is 11.8. The lowest BCUT2D eigenvalue weighted by Gasteiger charge is -2.20. The molecule has 3 nitrogen and oxygen atoms in total. The molecule has 17 heavy (non-hydrogen) atoms. The summed E-state index contributed by atoms with van der Waals surface area (Å²) in [6.07, 6.45) is 2.78. The van der Waals surface area contributed by atoms with Crippen molar-refractivity contribution in [1.82, 2.24) is 15.1 Å². The summed E-state index contributed by atoms with van der Waals surface area (Å²) in [6.45, 7) is 11.0. The molecule has 1 N–H and O–H groups in total. The quantitative estimate of drug-likeness (QED) is 0.850. The van der Waals surface area contributed by atoms with Crippen LogP contribution in [0, 0.1) is 25.2 Å². The molecule has 0 spiro atoms. The molecular weight excluding hydrogens is 210 g/mol. The largest absolute Gasteiger partial charge is 0.312 e. The predicted molar refractivity (Wildman–Crippen MR) is 70.9 cm³/mol. The summed E-state index contributed by atoms with van der Waals surface area (Å²) in [5.41, 5.74) is 4.40. The van der Waals surface area contributed by atoms with Gasteiger partial charge in [0.15, 0.2) is 0 Å². The summed E-state index contributed by atoms with van der Waals surface area (Å²) in [7, 11) is 2.02. The highest BCUT2D eigenvalue weighted by atomic mass is 15.3. The fraction of sp³-hybridized carbons (Fsp3) is 0.786. The highest BCUT2D eigenvalue weighted by molar-refractivity contribution is 5.24. The van der Waals surface area contributed by atoms with E-state index in [1.54, 1.807) is 0 Å². The number of hydrogen-bond acceptors (Lipinski definition) is 2. The Bertz CT molecular complexity index is 400. The number of aryl methyl sites for hydroxylation is 2. The van der Waals surface area contributed by atoms with Gasteiger partial charge in [-0.2, -0.15) is 5.10 Å². The molecule has 1 heterocycles. The van der Waals surface area contributed by atoms with Crippen molar-refractivity contribution in [3.8, 4) is 0 Å². The van der Waals surface area contributed by atoms with Crippen molar-refractivity contribution in [2.24, 2.45) is 18.4 Å². The third-order valence-electron chi connectivity index (χ3n) is 4.55. The summed E-state index contributed by atoms with van der Waals surface area (Å²) in [6, 6.07) is 0. The van der Waals surface area contributed by atoms with E-state index >= 15 is 0 Å². The SMILES string of the molecule is Cc1nn(C)c(C)c1CNCC1(C(C)C)CC1. The molecule has 1 fully saturated rings. The second-order valence-corrected chi connectivity index (χ2v) is 5.89. The first-order valence-corrected chi connectivity index (χ1v) is 6.66. The van der Waals surface area contributed by atoms with Crippen LogP contribution in [0.25, 0.3) is 0 Å². The van der Waals surface area contributed by atoms with Crippen molar-refractivity contribution >= 4 is 0 Å². The number of nitrogens with zero attached hydrogens (tertiary/aromatic N) is 2. The van der Waals surface area contributed by atoms with E-state index in [4.69, 9.17) is 0 Å². The lowest BCUT2D eigenvalue weighted by atomic mass is 9.92. The fourth-order valence-electron chi connectivity index (χ4n) is 2.63. The van der Waals surface area contributed by atoms with Crippen LogP contribution >= 0.6 is 0 Å². The Labute approximate surface area is 105 Å². The summed E-state index contributed by atoms with van der Waals surface area (Å²) in [5.74, 6) is 0.797. The van der Waals surface area contributed by atoms with Gasteiger partial charge in [-0.3, -0.25) is 4.68 Å². The third-order valence-corrected chi connectivity index (χ3v) is 4.55. The normalized spacial score (nSPS) is 17.8. The van der Waals surface area contributed by atoms with Gasteiger partial charge in [0.1, 0.15) is 0 Å². The minimum atomic E-state index is 0.587. The number of rotatable bonds is 5. The Morgan fingerprint density at radius 1 is 1.35 bits per heavy atom. The van der Waals surface area contributed by atoms with Crippen LogP contribution in [0.15, 0.2) is 0 Å². The third kappa shape index (κ3) is 2.39. The second-order valence-electron chi connectivity index (χ2n) is 5.89. The number of nitrogens with one attached hydrogen (secondary N) is 1. The molecule has 1 aromatic rings. The maximum absolute atomic E-state index is 4.45. The molecule has 0 saturated heterocycles. The second kappa shape index (κ2) is 4.45. The predicted octanol–water partition coefficient (Wildman–Crippen LogP) is 2.56. The summed E-state index contributed by atoms with van der Waals surface area (Å²) in [5, 5.41) is 8.08. The average molecular weight is 235 g/mol. The summed E-state index contributed by atoms with van der Waals surface area (Å²) >= 11 is 0. The molecule has 1 aliphatic rings. The van der Waals surface area contributed by atoms with Gasteiger partial charge in [0.25, 0.3) is 0 Å². The first kappa shape index (κ1) is 12.6. The van der Waals surface area contributed by atoms with Crippen LogP contribution in [0.3, 0.4) is 0 Å². The lowest BCUT2D eigenvalue weighted by molar-refractivity contribution is 0.337. The van der Waals surface area contributed by atoms with Gasteiger partial charge in [0.05, 0.1) is 5.69 Å². The van der Waals surface area contributed by atoms with Crippen LogP contribution in [-0.2, 0) is 13.6 Å². The first-order chi connectivity index (χ1) is 7.96. The van der Waals surface area contributed by atoms with Gasteiger partial charge >= 0.3 is 0 Å². The Hall–Kier alpha value is -0.830. The molecular formula is C14H25N3. The topological polar surface area (TPSA) is 29.9 Å². The van der Waals surface area contributed by atoms with E-state index in [2.05, 4.69) is 38.1 Å². The average Bonchev–Trinajstić information content (AvgIpc) is 2.99. The standard InChI is InChI=1S/C14H25N3/c1-10(2)14(6-7-14)9-15-8-13-11(3)16-17(5)12(13)4/h10,15H,6-9H2,1-5H3. The van der Waals surface area contributed by atoms with Crippen LogP contribution in [0.1, 0.15) is 43.6 Å². The molecule has 1 aliphatic carbocycles. The zero-order chi connectivity index (χ0) is 12.6. The monoisotopic (exact) mass is 235 g/mol. The molecule has 2 rings (SSSR count). The molecule has 0 aromatic carbocycles. The van der Waals surface area contributed by atoms with Crippen LogP contribution in [0.4, 0.5) is 0 Å².